The number of anilines is 1. The molecule has 0 atom stereocenters. The molecular weight excluding hydrogens is 478 g/mol. The Morgan fingerprint density at radius 1 is 0.912 bits per heavy atom. The summed E-state index contributed by atoms with van der Waals surface area (Å²) in [4.78, 5) is 24.7. The van der Waals surface area contributed by atoms with E-state index in [9.17, 15) is 14.0 Å². The van der Waals surface area contributed by atoms with Crippen molar-refractivity contribution in [3.8, 4) is 5.75 Å². The van der Waals surface area contributed by atoms with Crippen molar-refractivity contribution in [1.82, 2.24) is 5.32 Å². The number of benzene rings is 3. The highest BCUT2D eigenvalue weighted by atomic mass is 35.5. The van der Waals surface area contributed by atoms with Gasteiger partial charge in [0.25, 0.3) is 5.91 Å². The van der Waals surface area contributed by atoms with Crippen molar-refractivity contribution in [1.29, 1.82) is 0 Å². The van der Waals surface area contributed by atoms with Crippen LogP contribution in [0.15, 0.2) is 54.6 Å². The first-order valence-electron chi connectivity index (χ1n) is 11.2. The molecule has 3 aromatic rings. The van der Waals surface area contributed by atoms with Crippen LogP contribution in [0.3, 0.4) is 0 Å². The number of carbonyl (C=O) groups excluding carboxylic acids is 2. The summed E-state index contributed by atoms with van der Waals surface area (Å²) in [5.74, 6) is -0.325. The Labute approximate surface area is 207 Å². The fourth-order valence-electron chi connectivity index (χ4n) is 4.26. The average molecular weight is 503 g/mol. The van der Waals surface area contributed by atoms with E-state index in [0.29, 0.717) is 11.4 Å². The normalized spacial score (nSPS) is 17.9. The van der Waals surface area contributed by atoms with Gasteiger partial charge < -0.3 is 15.4 Å². The third-order valence-electron chi connectivity index (χ3n) is 6.03. The van der Waals surface area contributed by atoms with Gasteiger partial charge in [-0.2, -0.15) is 0 Å². The maximum Gasteiger partial charge on any atom is 0.258 e. The minimum Gasteiger partial charge on any atom is -0.484 e. The number of hydrogen-bond acceptors (Lipinski definition) is 3. The summed E-state index contributed by atoms with van der Waals surface area (Å²) in [5, 5.41) is 8.67. The number of carbonyl (C=O) groups is 2. The van der Waals surface area contributed by atoms with Crippen LogP contribution < -0.4 is 15.4 Å². The van der Waals surface area contributed by atoms with Crippen molar-refractivity contribution < 1.29 is 18.7 Å². The van der Waals surface area contributed by atoms with E-state index in [4.69, 9.17) is 27.9 Å². The topological polar surface area (TPSA) is 67.4 Å². The summed E-state index contributed by atoms with van der Waals surface area (Å²) in [6, 6.07) is 15.5. The zero-order chi connectivity index (χ0) is 24.1. The Kier molecular flexibility index (Phi) is 7.91. The molecule has 0 aliphatic heterocycles. The Morgan fingerprint density at radius 2 is 1.65 bits per heavy atom. The van der Waals surface area contributed by atoms with E-state index in [0.717, 1.165) is 48.2 Å². The van der Waals surface area contributed by atoms with Crippen LogP contribution in [0.1, 0.15) is 32.1 Å². The van der Waals surface area contributed by atoms with Crippen molar-refractivity contribution in [2.75, 3.05) is 11.9 Å². The third-order valence-corrected chi connectivity index (χ3v) is 6.57. The molecule has 0 saturated heterocycles. The molecule has 0 aromatic heterocycles. The zero-order valence-corrected chi connectivity index (χ0v) is 20.0. The fraction of sp³-hybridized carbons (Fsp3) is 0.308. The summed E-state index contributed by atoms with van der Waals surface area (Å²) < 4.78 is 18.8. The second-order valence-electron chi connectivity index (χ2n) is 8.61. The highest BCUT2D eigenvalue weighted by Gasteiger charge is 2.24. The molecule has 1 aliphatic carbocycles. The zero-order valence-electron chi connectivity index (χ0n) is 18.5. The van der Waals surface area contributed by atoms with Gasteiger partial charge in [0.2, 0.25) is 5.91 Å². The molecule has 3 aromatic carbocycles. The standard InChI is InChI=1S/C26H25Cl2FN2O3/c27-19-5-3-18-13-21(8-4-17(18)12-19)31-25(32)11-16-1-6-20(7-2-16)30-26(33)15-34-22-9-10-23(28)24(29)14-22/h3-5,8-10,12-14,16,20H,1-2,6-7,11,15H2,(H,30,33)(H,31,32). The molecule has 2 N–H and O–H groups in total. The molecule has 1 fully saturated rings. The Balaban J connectivity index is 1.18. The van der Waals surface area contributed by atoms with Crippen molar-refractivity contribution in [2.45, 2.75) is 38.1 Å². The summed E-state index contributed by atoms with van der Waals surface area (Å²) in [6.07, 6.45) is 3.77. The van der Waals surface area contributed by atoms with Crippen LogP contribution in [0.2, 0.25) is 10.0 Å². The predicted octanol–water partition coefficient (Wildman–Crippen LogP) is 6.37. The van der Waals surface area contributed by atoms with Gasteiger partial charge in [-0.15, -0.1) is 0 Å². The molecule has 0 spiro atoms. The number of fused-ring (bicyclic) bond motifs is 1. The minimum absolute atomic E-state index is 0.00451. The van der Waals surface area contributed by atoms with E-state index in [1.54, 1.807) is 0 Å². The number of rotatable bonds is 7. The van der Waals surface area contributed by atoms with Crippen molar-refractivity contribution in [3.05, 3.63) is 70.5 Å². The van der Waals surface area contributed by atoms with E-state index in [-0.39, 0.29) is 41.2 Å². The quantitative estimate of drug-likeness (QED) is 0.394. The summed E-state index contributed by atoms with van der Waals surface area (Å²) in [6.45, 7) is -0.193. The summed E-state index contributed by atoms with van der Waals surface area (Å²) >= 11 is 11.7. The molecule has 178 valence electrons. The smallest absolute Gasteiger partial charge is 0.258 e. The van der Waals surface area contributed by atoms with Gasteiger partial charge in [-0.3, -0.25) is 9.59 Å². The van der Waals surface area contributed by atoms with Gasteiger partial charge in [0.05, 0.1) is 5.02 Å². The van der Waals surface area contributed by atoms with Crippen LogP contribution in [0.25, 0.3) is 10.8 Å². The van der Waals surface area contributed by atoms with Gasteiger partial charge in [-0.1, -0.05) is 35.3 Å². The number of ether oxygens (including phenoxy) is 1. The van der Waals surface area contributed by atoms with Crippen LogP contribution in [-0.2, 0) is 9.59 Å². The van der Waals surface area contributed by atoms with Gasteiger partial charge in [-0.25, -0.2) is 4.39 Å². The average Bonchev–Trinajstić information content (AvgIpc) is 2.81. The first-order chi connectivity index (χ1) is 16.4. The van der Waals surface area contributed by atoms with E-state index < -0.39 is 5.82 Å². The SMILES string of the molecule is O=C(CC1CCC(NC(=O)COc2ccc(Cl)c(F)c2)CC1)Nc1ccc2cc(Cl)ccc2c1. The Morgan fingerprint density at radius 3 is 2.41 bits per heavy atom. The van der Waals surface area contributed by atoms with Gasteiger partial charge in [0.15, 0.2) is 6.61 Å². The van der Waals surface area contributed by atoms with Crippen molar-refractivity contribution >= 4 is 51.5 Å². The molecule has 1 saturated carbocycles. The number of halogens is 3. The molecule has 2 amide bonds. The Hall–Kier alpha value is -2.83. The van der Waals surface area contributed by atoms with Crippen LogP contribution in [-0.4, -0.2) is 24.5 Å². The lowest BCUT2D eigenvalue weighted by Crippen LogP contribution is -2.40. The van der Waals surface area contributed by atoms with E-state index in [2.05, 4.69) is 10.6 Å². The van der Waals surface area contributed by atoms with Crippen molar-refractivity contribution in [2.24, 2.45) is 5.92 Å². The van der Waals surface area contributed by atoms with E-state index >= 15 is 0 Å². The monoisotopic (exact) mass is 502 g/mol. The van der Waals surface area contributed by atoms with E-state index in [1.807, 2.05) is 36.4 Å². The summed E-state index contributed by atoms with van der Waals surface area (Å²) in [7, 11) is 0. The second-order valence-corrected chi connectivity index (χ2v) is 9.45. The van der Waals surface area contributed by atoms with Gasteiger partial charge in [0.1, 0.15) is 11.6 Å². The van der Waals surface area contributed by atoms with Gasteiger partial charge >= 0.3 is 0 Å². The van der Waals surface area contributed by atoms with Crippen LogP contribution in [0, 0.1) is 11.7 Å². The Bertz CT molecular complexity index is 1200. The van der Waals surface area contributed by atoms with Crippen LogP contribution in [0.4, 0.5) is 10.1 Å². The van der Waals surface area contributed by atoms with E-state index in [1.165, 1.54) is 12.1 Å². The maximum absolute atomic E-state index is 13.5. The number of nitrogens with one attached hydrogen (secondary N) is 2. The predicted molar refractivity (Wildman–Crippen MR) is 133 cm³/mol. The first kappa shape index (κ1) is 24.3. The molecule has 5 nitrogen and oxygen atoms in total. The fourth-order valence-corrected chi connectivity index (χ4v) is 4.56. The van der Waals surface area contributed by atoms with Crippen LogP contribution in [0.5, 0.6) is 5.75 Å². The minimum atomic E-state index is -0.590. The lowest BCUT2D eigenvalue weighted by Gasteiger charge is -2.28. The molecule has 8 heteroatoms. The van der Waals surface area contributed by atoms with Crippen molar-refractivity contribution in [3.63, 3.8) is 0 Å². The lowest BCUT2D eigenvalue weighted by atomic mass is 9.84. The molecule has 0 unspecified atom stereocenters. The lowest BCUT2D eigenvalue weighted by molar-refractivity contribution is -0.124. The molecule has 0 radical (unpaired) electrons. The third kappa shape index (κ3) is 6.61. The molecule has 0 heterocycles. The second kappa shape index (κ2) is 11.1. The molecule has 1 aliphatic rings. The largest absolute Gasteiger partial charge is 0.484 e. The first-order valence-corrected chi connectivity index (χ1v) is 12.0. The molecular formula is C26H25Cl2FN2O3. The van der Waals surface area contributed by atoms with Gasteiger partial charge in [-0.05, 0) is 78.8 Å². The highest BCUT2D eigenvalue weighted by Crippen LogP contribution is 2.28. The number of amides is 2. The van der Waals surface area contributed by atoms with Crippen LogP contribution >= 0.6 is 23.2 Å². The van der Waals surface area contributed by atoms with Gasteiger partial charge in [0, 0.05) is 29.2 Å². The highest BCUT2D eigenvalue weighted by molar-refractivity contribution is 6.31. The maximum atomic E-state index is 13.5. The molecule has 34 heavy (non-hydrogen) atoms. The molecule has 0 bridgehead atoms. The molecule has 4 rings (SSSR count). The summed E-state index contributed by atoms with van der Waals surface area (Å²) in [5.41, 5.74) is 0.765. The number of hydrogen-bond donors (Lipinski definition) is 2.